The van der Waals surface area contributed by atoms with Crippen LogP contribution in [-0.4, -0.2) is 34.6 Å². The summed E-state index contributed by atoms with van der Waals surface area (Å²) in [7, 11) is -2.28. The first-order chi connectivity index (χ1) is 12.2. The molecular formula is C16H13ClFNO6S. The van der Waals surface area contributed by atoms with Crippen LogP contribution in [0.4, 0.5) is 10.1 Å². The van der Waals surface area contributed by atoms with Crippen LogP contribution in [0.5, 0.6) is 0 Å². The van der Waals surface area contributed by atoms with E-state index in [0.29, 0.717) is 0 Å². The minimum absolute atomic E-state index is 0.118. The van der Waals surface area contributed by atoms with Crippen LogP contribution < -0.4 is 4.72 Å². The lowest BCUT2D eigenvalue weighted by molar-refractivity contribution is 0.0583. The summed E-state index contributed by atoms with van der Waals surface area (Å²) in [6.07, 6.45) is 0. The molecule has 2 rings (SSSR count). The van der Waals surface area contributed by atoms with Crippen molar-refractivity contribution in [2.45, 2.75) is 4.90 Å². The molecule has 0 saturated heterocycles. The van der Waals surface area contributed by atoms with Crippen molar-refractivity contribution in [3.05, 3.63) is 58.4 Å². The summed E-state index contributed by atoms with van der Waals surface area (Å²) in [5.74, 6) is -2.75. The monoisotopic (exact) mass is 401 g/mol. The van der Waals surface area contributed by atoms with Gasteiger partial charge in [-0.2, -0.15) is 0 Å². The first-order valence-electron chi connectivity index (χ1n) is 6.98. The molecule has 0 radical (unpaired) electrons. The van der Waals surface area contributed by atoms with Crippen LogP contribution in [0, 0.1) is 5.82 Å². The summed E-state index contributed by atoms with van der Waals surface area (Å²) in [6.45, 7) is 0. The maximum absolute atomic E-state index is 14.0. The van der Waals surface area contributed by atoms with E-state index in [1.807, 2.05) is 4.72 Å². The van der Waals surface area contributed by atoms with Gasteiger partial charge in [0.1, 0.15) is 4.90 Å². The standard InChI is InChI=1S/C16H13ClFNO6S/c1-24-15(20)9-6-7-10(16(21)25-2)13(8-9)26(22,23)19-12-5-3-4-11(17)14(12)18/h3-8,19H,1-2H3. The van der Waals surface area contributed by atoms with Crippen molar-refractivity contribution in [3.8, 4) is 0 Å². The second-order valence-electron chi connectivity index (χ2n) is 4.90. The molecule has 138 valence electrons. The van der Waals surface area contributed by atoms with E-state index in [2.05, 4.69) is 9.47 Å². The fourth-order valence-electron chi connectivity index (χ4n) is 2.05. The molecule has 0 amide bonds. The van der Waals surface area contributed by atoms with Crippen molar-refractivity contribution < 1.29 is 31.9 Å². The Kier molecular flexibility index (Phi) is 5.83. The van der Waals surface area contributed by atoms with Gasteiger partial charge >= 0.3 is 11.9 Å². The lowest BCUT2D eigenvalue weighted by Gasteiger charge is -2.13. The SMILES string of the molecule is COC(=O)c1ccc(C(=O)OC)c(S(=O)(=O)Nc2cccc(Cl)c2F)c1. The fourth-order valence-corrected chi connectivity index (χ4v) is 3.51. The molecule has 0 aliphatic carbocycles. The fraction of sp³-hybridized carbons (Fsp3) is 0.125. The molecule has 2 aromatic carbocycles. The molecule has 1 N–H and O–H groups in total. The summed E-state index contributed by atoms with van der Waals surface area (Å²) < 4.78 is 50.5. The van der Waals surface area contributed by atoms with Gasteiger partial charge in [-0.3, -0.25) is 4.72 Å². The van der Waals surface area contributed by atoms with Gasteiger partial charge in [-0.05, 0) is 30.3 Å². The Balaban J connectivity index is 2.60. The van der Waals surface area contributed by atoms with Crippen molar-refractivity contribution in [1.82, 2.24) is 0 Å². The number of hydrogen-bond donors (Lipinski definition) is 1. The third kappa shape index (κ3) is 3.94. The first kappa shape index (κ1) is 19.7. The van der Waals surface area contributed by atoms with Crippen molar-refractivity contribution in [3.63, 3.8) is 0 Å². The van der Waals surface area contributed by atoms with Crippen molar-refractivity contribution in [2.75, 3.05) is 18.9 Å². The van der Waals surface area contributed by atoms with E-state index in [1.165, 1.54) is 18.2 Å². The average molecular weight is 402 g/mol. The number of sulfonamides is 1. The number of benzene rings is 2. The smallest absolute Gasteiger partial charge is 0.339 e. The number of hydrogen-bond acceptors (Lipinski definition) is 6. The third-order valence-corrected chi connectivity index (χ3v) is 4.99. The summed E-state index contributed by atoms with van der Waals surface area (Å²) in [6, 6.07) is 6.98. The molecule has 7 nitrogen and oxygen atoms in total. The molecule has 0 atom stereocenters. The largest absolute Gasteiger partial charge is 0.465 e. The topological polar surface area (TPSA) is 98.8 Å². The Hall–Kier alpha value is -2.65. The summed E-state index contributed by atoms with van der Waals surface area (Å²) in [5, 5.41) is -0.290. The van der Waals surface area contributed by atoms with Gasteiger partial charge < -0.3 is 9.47 Å². The van der Waals surface area contributed by atoms with Gasteiger partial charge in [0.05, 0.1) is 36.1 Å². The van der Waals surface area contributed by atoms with E-state index in [9.17, 15) is 22.4 Å². The molecule has 0 fully saturated rings. The highest BCUT2D eigenvalue weighted by atomic mass is 35.5. The lowest BCUT2D eigenvalue weighted by Crippen LogP contribution is -2.19. The molecule has 26 heavy (non-hydrogen) atoms. The molecule has 0 bridgehead atoms. The van der Waals surface area contributed by atoms with Gasteiger partial charge in [-0.1, -0.05) is 17.7 Å². The first-order valence-corrected chi connectivity index (χ1v) is 8.85. The molecule has 0 aromatic heterocycles. The molecule has 0 aliphatic heterocycles. The molecule has 0 spiro atoms. The number of nitrogens with one attached hydrogen (secondary N) is 1. The van der Waals surface area contributed by atoms with Crippen LogP contribution in [0.25, 0.3) is 0 Å². The Morgan fingerprint density at radius 2 is 1.73 bits per heavy atom. The number of ether oxygens (including phenoxy) is 2. The molecule has 0 aliphatic rings. The van der Waals surface area contributed by atoms with Crippen LogP contribution in [0.1, 0.15) is 20.7 Å². The van der Waals surface area contributed by atoms with E-state index in [1.54, 1.807) is 0 Å². The Bertz CT molecular complexity index is 977. The predicted octanol–water partition coefficient (Wildman–Crippen LogP) is 2.85. The van der Waals surface area contributed by atoms with E-state index in [0.717, 1.165) is 32.4 Å². The predicted molar refractivity (Wildman–Crippen MR) is 91.3 cm³/mol. The number of methoxy groups -OCH3 is 2. The Morgan fingerprint density at radius 3 is 2.35 bits per heavy atom. The number of carbonyl (C=O) groups is 2. The minimum atomic E-state index is -4.46. The van der Waals surface area contributed by atoms with Crippen LogP contribution in [0.3, 0.4) is 0 Å². The molecule has 0 unspecified atom stereocenters. The van der Waals surface area contributed by atoms with Crippen molar-refractivity contribution >= 4 is 39.3 Å². The van der Waals surface area contributed by atoms with Gasteiger partial charge in [-0.25, -0.2) is 22.4 Å². The van der Waals surface area contributed by atoms with Crippen LogP contribution >= 0.6 is 11.6 Å². The van der Waals surface area contributed by atoms with Gasteiger partial charge in [0, 0.05) is 0 Å². The second kappa shape index (κ2) is 7.71. The zero-order valence-electron chi connectivity index (χ0n) is 13.6. The second-order valence-corrected chi connectivity index (χ2v) is 6.96. The zero-order valence-corrected chi connectivity index (χ0v) is 15.2. The van der Waals surface area contributed by atoms with Gasteiger partial charge in [-0.15, -0.1) is 0 Å². The van der Waals surface area contributed by atoms with Crippen LogP contribution in [0.15, 0.2) is 41.3 Å². The third-order valence-electron chi connectivity index (χ3n) is 3.29. The quantitative estimate of drug-likeness (QED) is 0.773. The molecule has 0 heterocycles. The maximum Gasteiger partial charge on any atom is 0.339 e. The number of anilines is 1. The van der Waals surface area contributed by atoms with Crippen LogP contribution in [-0.2, 0) is 19.5 Å². The van der Waals surface area contributed by atoms with E-state index in [-0.39, 0.29) is 16.1 Å². The highest BCUT2D eigenvalue weighted by molar-refractivity contribution is 7.92. The zero-order chi connectivity index (χ0) is 19.5. The summed E-state index contributed by atoms with van der Waals surface area (Å²) >= 11 is 5.63. The molecular weight excluding hydrogens is 389 g/mol. The lowest BCUT2D eigenvalue weighted by atomic mass is 10.1. The summed E-state index contributed by atoms with van der Waals surface area (Å²) in [4.78, 5) is 23.0. The van der Waals surface area contributed by atoms with E-state index < -0.39 is 38.4 Å². The Labute approximate surface area is 153 Å². The van der Waals surface area contributed by atoms with Gasteiger partial charge in [0.2, 0.25) is 0 Å². The highest BCUT2D eigenvalue weighted by Gasteiger charge is 2.26. The van der Waals surface area contributed by atoms with E-state index in [4.69, 9.17) is 11.6 Å². The minimum Gasteiger partial charge on any atom is -0.465 e. The Morgan fingerprint density at radius 1 is 1.08 bits per heavy atom. The molecule has 10 heteroatoms. The highest BCUT2D eigenvalue weighted by Crippen LogP contribution is 2.27. The average Bonchev–Trinajstić information content (AvgIpc) is 2.63. The van der Waals surface area contributed by atoms with Crippen molar-refractivity contribution in [1.29, 1.82) is 0 Å². The van der Waals surface area contributed by atoms with Crippen molar-refractivity contribution in [2.24, 2.45) is 0 Å². The molecule has 0 saturated carbocycles. The van der Waals surface area contributed by atoms with Gasteiger partial charge in [0.25, 0.3) is 10.0 Å². The maximum atomic E-state index is 14.0. The van der Waals surface area contributed by atoms with E-state index >= 15 is 0 Å². The number of esters is 2. The number of rotatable bonds is 5. The number of halogens is 2. The number of carbonyl (C=O) groups excluding carboxylic acids is 2. The summed E-state index contributed by atoms with van der Waals surface area (Å²) in [5.41, 5.74) is -0.876. The van der Waals surface area contributed by atoms with Gasteiger partial charge in [0.15, 0.2) is 5.82 Å². The van der Waals surface area contributed by atoms with Crippen LogP contribution in [0.2, 0.25) is 5.02 Å². The normalized spacial score (nSPS) is 10.9. The molecule has 2 aromatic rings.